The summed E-state index contributed by atoms with van der Waals surface area (Å²) in [7, 11) is 0. The molecule has 2 aliphatic heterocycles. The fraction of sp³-hybridized carbons (Fsp3) is 0.308. The highest BCUT2D eigenvalue weighted by atomic mass is 16.5. The quantitative estimate of drug-likeness (QED) is 0.386. The van der Waals surface area contributed by atoms with E-state index in [0.717, 1.165) is 49.7 Å². The highest BCUT2D eigenvalue weighted by Crippen LogP contribution is 2.28. The first-order valence-corrected chi connectivity index (χ1v) is 12.0. The van der Waals surface area contributed by atoms with Crippen molar-refractivity contribution in [1.29, 1.82) is 0 Å². The maximum absolute atomic E-state index is 13.1. The summed E-state index contributed by atoms with van der Waals surface area (Å²) in [4.78, 5) is 38.9. The van der Waals surface area contributed by atoms with Gasteiger partial charge in [-0.25, -0.2) is 20.2 Å². The van der Waals surface area contributed by atoms with Crippen molar-refractivity contribution in [3.8, 4) is 11.5 Å². The molecule has 2 aliphatic rings. The molecule has 0 unspecified atom stereocenters. The van der Waals surface area contributed by atoms with Gasteiger partial charge in [0.05, 0.1) is 5.56 Å². The monoisotopic (exact) mass is 488 g/mol. The van der Waals surface area contributed by atoms with Crippen molar-refractivity contribution in [2.75, 3.05) is 42.5 Å². The summed E-state index contributed by atoms with van der Waals surface area (Å²) in [6.45, 7) is 3.67. The summed E-state index contributed by atoms with van der Waals surface area (Å²) in [5, 5.41) is 8.71. The average Bonchev–Trinajstić information content (AvgIpc) is 3.29. The Hall–Kier alpha value is -4.18. The van der Waals surface area contributed by atoms with Crippen molar-refractivity contribution in [2.24, 2.45) is 5.92 Å². The highest BCUT2D eigenvalue weighted by molar-refractivity contribution is 5.94. The number of aromatic nitrogens is 2. The molecule has 186 valence electrons. The number of carbonyl (C=O) groups excluding carboxylic acids is 2. The van der Waals surface area contributed by atoms with Crippen molar-refractivity contribution < 1.29 is 19.5 Å². The van der Waals surface area contributed by atoms with Crippen LogP contribution in [0.1, 0.15) is 23.2 Å². The van der Waals surface area contributed by atoms with Crippen LogP contribution in [-0.4, -0.2) is 64.7 Å². The number of para-hydroxylation sites is 1. The second-order valence-electron chi connectivity index (χ2n) is 8.93. The van der Waals surface area contributed by atoms with Gasteiger partial charge in [-0.3, -0.25) is 14.9 Å². The van der Waals surface area contributed by atoms with Crippen LogP contribution in [0.4, 0.5) is 16.4 Å². The molecule has 0 radical (unpaired) electrons. The standard InChI is InChI=1S/C26H28N6O4/c33-24(29-35)20-16-27-25(28-17-20)30-12-10-19(11-13-30)18-31-14-15-32(26(31)34)21-6-8-23(9-7-21)36-22-4-2-1-3-5-22/h1-9,16-17,19,35H,10-15,18H2,(H,29,33). The van der Waals surface area contributed by atoms with E-state index < -0.39 is 5.91 Å². The molecule has 0 atom stereocenters. The van der Waals surface area contributed by atoms with Crippen molar-refractivity contribution in [1.82, 2.24) is 20.3 Å². The van der Waals surface area contributed by atoms with E-state index in [2.05, 4.69) is 14.9 Å². The summed E-state index contributed by atoms with van der Waals surface area (Å²) < 4.78 is 5.85. The molecule has 0 spiro atoms. The Morgan fingerprint density at radius 3 is 2.28 bits per heavy atom. The number of benzene rings is 2. The van der Waals surface area contributed by atoms with Gasteiger partial charge in [-0.1, -0.05) is 18.2 Å². The molecule has 0 aliphatic carbocycles. The molecule has 10 nitrogen and oxygen atoms in total. The van der Waals surface area contributed by atoms with Gasteiger partial charge >= 0.3 is 6.03 Å². The lowest BCUT2D eigenvalue weighted by atomic mass is 9.96. The van der Waals surface area contributed by atoms with Gasteiger partial charge in [-0.2, -0.15) is 0 Å². The molecule has 3 aromatic rings. The average molecular weight is 489 g/mol. The van der Waals surface area contributed by atoms with Crippen LogP contribution in [-0.2, 0) is 0 Å². The van der Waals surface area contributed by atoms with Crippen LogP contribution in [0.25, 0.3) is 0 Å². The fourth-order valence-corrected chi connectivity index (χ4v) is 4.60. The Morgan fingerprint density at radius 1 is 0.944 bits per heavy atom. The van der Waals surface area contributed by atoms with E-state index in [9.17, 15) is 9.59 Å². The molecule has 0 bridgehead atoms. The number of hydrogen-bond acceptors (Lipinski definition) is 7. The molecule has 0 saturated carbocycles. The summed E-state index contributed by atoms with van der Waals surface area (Å²) in [5.74, 6) is 1.84. The number of urea groups is 1. The minimum absolute atomic E-state index is 0.0373. The van der Waals surface area contributed by atoms with Gasteiger partial charge < -0.3 is 14.5 Å². The van der Waals surface area contributed by atoms with E-state index in [1.807, 2.05) is 64.4 Å². The third-order valence-corrected chi connectivity index (χ3v) is 6.60. The minimum atomic E-state index is -0.638. The van der Waals surface area contributed by atoms with Crippen LogP contribution in [0.3, 0.4) is 0 Å². The summed E-state index contributed by atoms with van der Waals surface area (Å²) in [6, 6.07) is 17.3. The molecule has 5 rings (SSSR count). The zero-order valence-corrected chi connectivity index (χ0v) is 19.8. The van der Waals surface area contributed by atoms with E-state index in [4.69, 9.17) is 9.94 Å². The van der Waals surface area contributed by atoms with E-state index in [0.29, 0.717) is 25.0 Å². The van der Waals surface area contributed by atoms with E-state index in [1.54, 1.807) is 5.48 Å². The molecular formula is C26H28N6O4. The van der Waals surface area contributed by atoms with E-state index >= 15 is 0 Å². The van der Waals surface area contributed by atoms with Crippen molar-refractivity contribution in [3.63, 3.8) is 0 Å². The zero-order chi connectivity index (χ0) is 24.9. The lowest BCUT2D eigenvalue weighted by Crippen LogP contribution is -2.41. The second-order valence-corrected chi connectivity index (χ2v) is 8.93. The van der Waals surface area contributed by atoms with Crippen molar-refractivity contribution in [3.05, 3.63) is 72.6 Å². The number of nitrogens with zero attached hydrogens (tertiary/aromatic N) is 5. The highest BCUT2D eigenvalue weighted by Gasteiger charge is 2.32. The van der Waals surface area contributed by atoms with Crippen LogP contribution in [0, 0.1) is 5.92 Å². The minimum Gasteiger partial charge on any atom is -0.457 e. The second kappa shape index (κ2) is 10.6. The number of carbonyl (C=O) groups is 2. The first-order valence-electron chi connectivity index (χ1n) is 12.0. The number of rotatable bonds is 7. The van der Waals surface area contributed by atoms with Crippen LogP contribution in [0.5, 0.6) is 11.5 Å². The molecule has 3 amide bonds. The molecular weight excluding hydrogens is 460 g/mol. The van der Waals surface area contributed by atoms with Gasteiger partial charge in [-0.05, 0) is 55.2 Å². The van der Waals surface area contributed by atoms with E-state index in [-0.39, 0.29) is 11.6 Å². The predicted molar refractivity (Wildman–Crippen MR) is 133 cm³/mol. The number of anilines is 2. The topological polar surface area (TPSA) is 111 Å². The molecule has 2 N–H and O–H groups in total. The number of nitrogens with one attached hydrogen (secondary N) is 1. The Labute approximate surface area is 209 Å². The summed E-state index contributed by atoms with van der Waals surface area (Å²) in [5.41, 5.74) is 2.64. The molecule has 2 aromatic carbocycles. The van der Waals surface area contributed by atoms with Crippen LogP contribution < -0.4 is 20.0 Å². The van der Waals surface area contributed by atoms with Crippen LogP contribution in [0.2, 0.25) is 0 Å². The first kappa shape index (κ1) is 23.6. The maximum atomic E-state index is 13.1. The van der Waals surface area contributed by atoms with E-state index in [1.165, 1.54) is 12.4 Å². The molecule has 1 aromatic heterocycles. The van der Waals surface area contributed by atoms with Crippen LogP contribution >= 0.6 is 0 Å². The van der Waals surface area contributed by atoms with Crippen molar-refractivity contribution >= 4 is 23.6 Å². The predicted octanol–water partition coefficient (Wildman–Crippen LogP) is 3.55. The Morgan fingerprint density at radius 2 is 1.61 bits per heavy atom. The molecule has 2 fully saturated rings. The zero-order valence-electron chi connectivity index (χ0n) is 19.8. The smallest absolute Gasteiger partial charge is 0.324 e. The third kappa shape index (κ3) is 5.23. The number of hydrogen-bond donors (Lipinski definition) is 2. The SMILES string of the molecule is O=C(NO)c1cnc(N2CCC(CN3CCN(c4ccc(Oc5ccccc5)cc4)C3=O)CC2)nc1. The largest absolute Gasteiger partial charge is 0.457 e. The molecule has 2 saturated heterocycles. The third-order valence-electron chi connectivity index (χ3n) is 6.60. The van der Waals surface area contributed by atoms with Gasteiger partial charge in [0.25, 0.3) is 5.91 Å². The Balaban J connectivity index is 1.12. The van der Waals surface area contributed by atoms with Gasteiger partial charge in [0.15, 0.2) is 0 Å². The molecule has 36 heavy (non-hydrogen) atoms. The lowest BCUT2D eigenvalue weighted by molar-refractivity contribution is 0.0705. The first-order chi connectivity index (χ1) is 17.6. The van der Waals surface area contributed by atoms with Gasteiger partial charge in [0.2, 0.25) is 5.95 Å². The maximum Gasteiger partial charge on any atom is 0.324 e. The number of piperidine rings is 1. The van der Waals surface area contributed by atoms with Crippen molar-refractivity contribution in [2.45, 2.75) is 12.8 Å². The number of amides is 3. The van der Waals surface area contributed by atoms with Gasteiger partial charge in [0.1, 0.15) is 11.5 Å². The summed E-state index contributed by atoms with van der Waals surface area (Å²) >= 11 is 0. The molecule has 3 heterocycles. The normalized spacial score (nSPS) is 16.4. The number of ether oxygens (including phenoxy) is 1. The summed E-state index contributed by atoms with van der Waals surface area (Å²) in [6.07, 6.45) is 4.66. The number of hydroxylamine groups is 1. The van der Waals surface area contributed by atoms with Crippen LogP contribution in [0.15, 0.2) is 67.0 Å². The van der Waals surface area contributed by atoms with Gasteiger partial charge in [-0.15, -0.1) is 0 Å². The molecule has 10 heteroatoms. The Bertz CT molecular complexity index is 1180. The van der Waals surface area contributed by atoms with Gasteiger partial charge in [0, 0.05) is 50.8 Å². The Kier molecular flexibility index (Phi) is 6.94. The fourth-order valence-electron chi connectivity index (χ4n) is 4.60. The lowest BCUT2D eigenvalue weighted by Gasteiger charge is -2.33.